The summed E-state index contributed by atoms with van der Waals surface area (Å²) in [6.07, 6.45) is 0. The summed E-state index contributed by atoms with van der Waals surface area (Å²) in [5.41, 5.74) is 0. The molecule has 0 aliphatic rings. The lowest BCUT2D eigenvalue weighted by molar-refractivity contribution is -0.101. The van der Waals surface area contributed by atoms with Crippen LogP contribution < -0.4 is 0 Å². The minimum Gasteiger partial charge on any atom is -0.281 e. The van der Waals surface area contributed by atoms with E-state index in [2.05, 4.69) is 0 Å². The Labute approximate surface area is 126 Å². The molecule has 120 valence electrons. The highest BCUT2D eigenvalue weighted by atomic mass is 35.5. The van der Waals surface area contributed by atoms with E-state index in [1.165, 1.54) is 0 Å². The molecule has 21 heavy (non-hydrogen) atoms. The van der Waals surface area contributed by atoms with Crippen LogP contribution in [0.2, 0.25) is 10.0 Å². The molecule has 0 unspecified atom stereocenters. The molecule has 1 rings (SSSR count). The molecule has 0 aliphatic heterocycles. The number of halogens is 6. The molecule has 0 atom stereocenters. The summed E-state index contributed by atoms with van der Waals surface area (Å²) in [7, 11) is -13.1. The highest BCUT2D eigenvalue weighted by Gasteiger charge is 2.73. The van der Waals surface area contributed by atoms with Gasteiger partial charge in [-0.05, 0) is 12.1 Å². The summed E-state index contributed by atoms with van der Waals surface area (Å²) >= 11 is 10.7. The largest absolute Gasteiger partial charge is 0.447 e. The molecule has 1 aromatic rings. The normalized spacial score (nSPS) is 14.2. The van der Waals surface area contributed by atoms with Gasteiger partial charge in [-0.15, -0.1) is 0 Å². The Balaban J connectivity index is 3.72. The van der Waals surface area contributed by atoms with Crippen LogP contribution in [0.5, 0.6) is 0 Å². The van der Waals surface area contributed by atoms with Gasteiger partial charge in [-0.3, -0.25) is 4.55 Å². The molecule has 0 saturated carbocycles. The monoisotopic (exact) mass is 390 g/mol. The molecule has 0 fully saturated rings. The maximum atomic E-state index is 13.5. The van der Waals surface area contributed by atoms with Crippen LogP contribution >= 0.6 is 23.2 Å². The van der Waals surface area contributed by atoms with Crippen LogP contribution in [0.1, 0.15) is 0 Å². The zero-order valence-electron chi connectivity index (χ0n) is 9.40. The Morgan fingerprint density at radius 1 is 0.905 bits per heavy atom. The van der Waals surface area contributed by atoms with Crippen molar-refractivity contribution in [3.05, 3.63) is 28.2 Å². The third-order valence-corrected chi connectivity index (χ3v) is 5.98. The fourth-order valence-corrected chi connectivity index (χ4v) is 4.34. The van der Waals surface area contributed by atoms with Gasteiger partial charge in [-0.2, -0.15) is 26.0 Å². The van der Waals surface area contributed by atoms with Crippen molar-refractivity contribution in [2.75, 3.05) is 0 Å². The highest BCUT2D eigenvalue weighted by Crippen LogP contribution is 2.47. The number of hydrogen-bond acceptors (Lipinski definition) is 4. The molecule has 5 nitrogen and oxygen atoms in total. The molecule has 13 heteroatoms. The quantitative estimate of drug-likeness (QED) is 0.630. The number of hydrogen-bond donors (Lipinski definition) is 1. The predicted molar refractivity (Wildman–Crippen MR) is 65.1 cm³/mol. The first-order chi connectivity index (χ1) is 9.18. The molecule has 0 aromatic heterocycles. The molecule has 0 amide bonds. The van der Waals surface area contributed by atoms with Crippen LogP contribution in [0.4, 0.5) is 17.6 Å². The van der Waals surface area contributed by atoms with E-state index < -0.39 is 45.4 Å². The van der Waals surface area contributed by atoms with Crippen LogP contribution in [-0.4, -0.2) is 31.9 Å². The van der Waals surface area contributed by atoms with E-state index >= 15 is 0 Å². The first-order valence-electron chi connectivity index (χ1n) is 4.59. The Morgan fingerprint density at radius 2 is 1.29 bits per heavy atom. The summed E-state index contributed by atoms with van der Waals surface area (Å²) in [6, 6.07) is 2.58. The van der Waals surface area contributed by atoms with Crippen molar-refractivity contribution in [3.8, 4) is 0 Å². The lowest BCUT2D eigenvalue weighted by Gasteiger charge is -2.24. The van der Waals surface area contributed by atoms with Gasteiger partial charge in [0.05, 0.1) is 10.0 Å². The third-order valence-electron chi connectivity index (χ3n) is 2.19. The molecule has 0 saturated heterocycles. The van der Waals surface area contributed by atoms with Gasteiger partial charge >= 0.3 is 20.6 Å². The summed E-state index contributed by atoms with van der Waals surface area (Å²) < 4.78 is 105. The molecule has 0 aliphatic carbocycles. The van der Waals surface area contributed by atoms with Gasteiger partial charge in [-0.25, -0.2) is 8.42 Å². The van der Waals surface area contributed by atoms with E-state index in [9.17, 15) is 34.4 Å². The number of alkyl halides is 4. The van der Waals surface area contributed by atoms with Crippen molar-refractivity contribution in [3.63, 3.8) is 0 Å². The minimum absolute atomic E-state index is 0.766. The van der Waals surface area contributed by atoms with Gasteiger partial charge in [0.25, 0.3) is 9.84 Å². The Kier molecular flexibility index (Phi) is 4.59. The predicted octanol–water partition coefficient (Wildman–Crippen LogP) is 2.84. The molecule has 1 N–H and O–H groups in total. The van der Waals surface area contributed by atoms with E-state index in [1.807, 2.05) is 0 Å². The summed E-state index contributed by atoms with van der Waals surface area (Å²) in [6.45, 7) is 0. The standard InChI is InChI=1S/C8H4Cl2F4O5S2/c9-4-2-1-3-5(10)6(4)20(15,16)7(11,12)8(13,14)21(17,18)19/h1-3H,(H,17,18,19). The molecular weight excluding hydrogens is 387 g/mol. The van der Waals surface area contributed by atoms with Crippen molar-refractivity contribution in [2.24, 2.45) is 0 Å². The van der Waals surface area contributed by atoms with Gasteiger partial charge in [-0.1, -0.05) is 29.3 Å². The lowest BCUT2D eigenvalue weighted by atomic mass is 10.4. The Bertz CT molecular complexity index is 756. The maximum absolute atomic E-state index is 13.5. The fourth-order valence-electron chi connectivity index (χ4n) is 1.17. The minimum atomic E-state index is -6.73. The average molecular weight is 391 g/mol. The molecule has 0 spiro atoms. The van der Waals surface area contributed by atoms with Crippen LogP contribution in [0.15, 0.2) is 23.1 Å². The summed E-state index contributed by atoms with van der Waals surface area (Å²) in [4.78, 5) is -1.58. The third kappa shape index (κ3) is 2.72. The number of sulfone groups is 1. The van der Waals surface area contributed by atoms with Crippen molar-refractivity contribution in [2.45, 2.75) is 15.4 Å². The van der Waals surface area contributed by atoms with Gasteiger partial charge in [0.15, 0.2) is 0 Å². The molecule has 0 bridgehead atoms. The summed E-state index contributed by atoms with van der Waals surface area (Å²) in [5.74, 6) is 0. The molecule has 0 heterocycles. The second kappa shape index (κ2) is 5.23. The zero-order valence-corrected chi connectivity index (χ0v) is 12.5. The van der Waals surface area contributed by atoms with Crippen LogP contribution in [0.3, 0.4) is 0 Å². The van der Waals surface area contributed by atoms with Crippen molar-refractivity contribution in [1.82, 2.24) is 0 Å². The van der Waals surface area contributed by atoms with E-state index in [-0.39, 0.29) is 0 Å². The lowest BCUT2D eigenvalue weighted by Crippen LogP contribution is -2.51. The van der Waals surface area contributed by atoms with Crippen LogP contribution in [0, 0.1) is 0 Å². The topological polar surface area (TPSA) is 88.5 Å². The van der Waals surface area contributed by atoms with E-state index in [0.29, 0.717) is 0 Å². The zero-order chi connectivity index (χ0) is 16.9. The molecular formula is C8H4Cl2F4O5S2. The van der Waals surface area contributed by atoms with Crippen LogP contribution in [0.25, 0.3) is 0 Å². The van der Waals surface area contributed by atoms with Gasteiger partial charge < -0.3 is 0 Å². The Hall–Kier alpha value is -0.620. The second-order valence-corrected chi connectivity index (χ2v) is 7.77. The fraction of sp³-hybridized carbons (Fsp3) is 0.250. The summed E-state index contributed by atoms with van der Waals surface area (Å²) in [5, 5.41) is -14.4. The van der Waals surface area contributed by atoms with Crippen molar-refractivity contribution in [1.29, 1.82) is 0 Å². The highest BCUT2D eigenvalue weighted by molar-refractivity contribution is 7.95. The van der Waals surface area contributed by atoms with Gasteiger partial charge in [0.1, 0.15) is 4.90 Å². The molecule has 1 aromatic carbocycles. The molecule has 0 radical (unpaired) electrons. The number of rotatable bonds is 4. The van der Waals surface area contributed by atoms with Crippen molar-refractivity contribution < 1.29 is 39.0 Å². The van der Waals surface area contributed by atoms with Gasteiger partial charge in [0.2, 0.25) is 0 Å². The smallest absolute Gasteiger partial charge is 0.281 e. The second-order valence-electron chi connectivity index (χ2n) is 3.56. The first-order valence-corrected chi connectivity index (χ1v) is 8.27. The van der Waals surface area contributed by atoms with E-state index in [1.54, 1.807) is 0 Å². The van der Waals surface area contributed by atoms with Gasteiger partial charge in [0, 0.05) is 0 Å². The van der Waals surface area contributed by atoms with E-state index in [0.717, 1.165) is 18.2 Å². The maximum Gasteiger partial charge on any atom is 0.447 e. The first kappa shape index (κ1) is 18.4. The van der Waals surface area contributed by atoms with Crippen LogP contribution in [-0.2, 0) is 20.0 Å². The SMILES string of the molecule is O=S(=O)(O)C(F)(F)C(F)(F)S(=O)(=O)c1c(Cl)cccc1Cl. The number of benzene rings is 1. The van der Waals surface area contributed by atoms with E-state index in [4.69, 9.17) is 27.8 Å². The Morgan fingerprint density at radius 3 is 1.62 bits per heavy atom. The average Bonchev–Trinajstić information content (AvgIpc) is 2.26. The van der Waals surface area contributed by atoms with Crippen molar-refractivity contribution >= 4 is 43.2 Å².